The number of benzene rings is 2. The molecular weight excluding hydrogens is 425 g/mol. The van der Waals surface area contributed by atoms with Crippen LogP contribution in [0.25, 0.3) is 11.1 Å². The fraction of sp³-hybridized carbons (Fsp3) is 0.462. The van der Waals surface area contributed by atoms with Gasteiger partial charge in [-0.1, -0.05) is 18.2 Å². The third-order valence-electron chi connectivity index (χ3n) is 6.24. The fourth-order valence-electron chi connectivity index (χ4n) is 4.56. The van der Waals surface area contributed by atoms with Gasteiger partial charge < -0.3 is 19.8 Å². The zero-order chi connectivity index (χ0) is 24.1. The SMILES string of the molecule is COc1cc(-c2ccc(F)cc2)cc(C)c1C1C(=O)CCCN(C(=O)C(C)O)CCCC1O. The largest absolute Gasteiger partial charge is 0.496 e. The maximum Gasteiger partial charge on any atom is 0.251 e. The highest BCUT2D eigenvalue weighted by Gasteiger charge is 2.33. The first-order valence-corrected chi connectivity index (χ1v) is 11.3. The summed E-state index contributed by atoms with van der Waals surface area (Å²) in [4.78, 5) is 27.0. The molecule has 178 valence electrons. The molecule has 33 heavy (non-hydrogen) atoms. The molecule has 1 heterocycles. The lowest BCUT2D eigenvalue weighted by atomic mass is 9.81. The second-order valence-electron chi connectivity index (χ2n) is 8.67. The summed E-state index contributed by atoms with van der Waals surface area (Å²) in [5.41, 5.74) is 3.14. The van der Waals surface area contributed by atoms with Crippen molar-refractivity contribution in [3.05, 3.63) is 53.3 Å². The number of methoxy groups -OCH3 is 1. The number of aryl methyl sites for hydroxylation is 1. The maximum absolute atomic E-state index is 13.3. The summed E-state index contributed by atoms with van der Waals surface area (Å²) in [6.07, 6.45) is -0.514. The van der Waals surface area contributed by atoms with Crippen molar-refractivity contribution in [2.45, 2.75) is 57.7 Å². The van der Waals surface area contributed by atoms with Gasteiger partial charge in [0.15, 0.2) is 0 Å². The van der Waals surface area contributed by atoms with E-state index in [0.29, 0.717) is 43.7 Å². The van der Waals surface area contributed by atoms with Crippen molar-refractivity contribution in [1.29, 1.82) is 0 Å². The van der Waals surface area contributed by atoms with Crippen LogP contribution in [-0.2, 0) is 9.59 Å². The van der Waals surface area contributed by atoms with E-state index in [1.54, 1.807) is 17.0 Å². The van der Waals surface area contributed by atoms with E-state index in [2.05, 4.69) is 0 Å². The van der Waals surface area contributed by atoms with Gasteiger partial charge in [0.05, 0.1) is 19.1 Å². The van der Waals surface area contributed by atoms with Crippen LogP contribution in [0.3, 0.4) is 0 Å². The number of carbonyl (C=O) groups is 2. The number of nitrogens with zero attached hydrogens (tertiary/aromatic N) is 1. The third kappa shape index (κ3) is 5.78. The summed E-state index contributed by atoms with van der Waals surface area (Å²) in [6.45, 7) is 4.12. The Balaban J connectivity index is 1.91. The minimum absolute atomic E-state index is 0.107. The van der Waals surface area contributed by atoms with Gasteiger partial charge in [0.25, 0.3) is 5.91 Å². The lowest BCUT2D eigenvalue weighted by molar-refractivity contribution is -0.140. The average molecular weight is 458 g/mol. The molecule has 0 radical (unpaired) electrons. The van der Waals surface area contributed by atoms with Gasteiger partial charge in [-0.3, -0.25) is 9.59 Å². The fourth-order valence-corrected chi connectivity index (χ4v) is 4.56. The Labute approximate surface area is 194 Å². The first kappa shape index (κ1) is 24.9. The lowest BCUT2D eigenvalue weighted by Gasteiger charge is -2.30. The average Bonchev–Trinajstić information content (AvgIpc) is 2.78. The van der Waals surface area contributed by atoms with Gasteiger partial charge in [-0.25, -0.2) is 4.39 Å². The quantitative estimate of drug-likeness (QED) is 0.733. The van der Waals surface area contributed by atoms with Crippen LogP contribution in [0.5, 0.6) is 5.75 Å². The topological polar surface area (TPSA) is 87.1 Å². The number of aliphatic hydroxyl groups is 2. The Morgan fingerprint density at radius 3 is 2.45 bits per heavy atom. The molecule has 3 unspecified atom stereocenters. The van der Waals surface area contributed by atoms with Gasteiger partial charge in [-0.15, -0.1) is 0 Å². The number of amides is 1. The molecular formula is C26H32FNO5. The van der Waals surface area contributed by atoms with Crippen molar-refractivity contribution in [3.8, 4) is 16.9 Å². The molecule has 0 saturated carbocycles. The minimum atomic E-state index is -1.09. The summed E-state index contributed by atoms with van der Waals surface area (Å²) >= 11 is 0. The van der Waals surface area contributed by atoms with Crippen LogP contribution in [0.4, 0.5) is 4.39 Å². The van der Waals surface area contributed by atoms with Crippen LogP contribution in [0, 0.1) is 12.7 Å². The number of halogens is 1. The Bertz CT molecular complexity index is 989. The van der Waals surface area contributed by atoms with E-state index in [9.17, 15) is 24.2 Å². The van der Waals surface area contributed by atoms with Gasteiger partial charge in [0, 0.05) is 25.1 Å². The number of ether oxygens (including phenoxy) is 1. The standard InChI is InChI=1S/C26H32FNO5/c1-16-14-19(18-8-10-20(27)11-9-18)15-23(33-3)24(16)25-21(30)6-4-12-28(26(32)17(2)29)13-5-7-22(25)31/h8-11,14-15,17,21,25,29-30H,4-7,12-13H2,1-3H3. The Morgan fingerprint density at radius 2 is 1.82 bits per heavy atom. The van der Waals surface area contributed by atoms with Crippen LogP contribution in [0.2, 0.25) is 0 Å². The highest BCUT2D eigenvalue weighted by molar-refractivity contribution is 5.88. The molecule has 2 aromatic carbocycles. The van der Waals surface area contributed by atoms with E-state index in [1.807, 2.05) is 19.1 Å². The van der Waals surface area contributed by atoms with Crippen molar-refractivity contribution < 1.29 is 28.9 Å². The molecule has 7 heteroatoms. The van der Waals surface area contributed by atoms with Gasteiger partial charge in [0.1, 0.15) is 23.5 Å². The molecule has 0 spiro atoms. The molecule has 1 fully saturated rings. The van der Waals surface area contributed by atoms with Crippen LogP contribution in [0.1, 0.15) is 49.7 Å². The zero-order valence-electron chi connectivity index (χ0n) is 19.4. The number of ketones is 1. The van der Waals surface area contributed by atoms with Crippen molar-refractivity contribution in [2.75, 3.05) is 20.2 Å². The summed E-state index contributed by atoms with van der Waals surface area (Å²) in [5, 5.41) is 20.7. The number of aliphatic hydroxyl groups excluding tert-OH is 2. The van der Waals surface area contributed by atoms with Gasteiger partial charge >= 0.3 is 0 Å². The smallest absolute Gasteiger partial charge is 0.251 e. The Kier molecular flexibility index (Phi) is 8.21. The van der Waals surface area contributed by atoms with E-state index in [4.69, 9.17) is 4.74 Å². The molecule has 3 rings (SSSR count). The molecule has 1 aliphatic rings. The van der Waals surface area contributed by atoms with Gasteiger partial charge in [-0.2, -0.15) is 0 Å². The van der Waals surface area contributed by atoms with Crippen molar-refractivity contribution in [1.82, 2.24) is 4.90 Å². The molecule has 1 aliphatic heterocycles. The molecule has 2 N–H and O–H groups in total. The number of Topliss-reactive ketones (excluding diaryl/α,β-unsaturated/α-hetero) is 1. The number of hydrogen-bond donors (Lipinski definition) is 2. The molecule has 1 saturated heterocycles. The normalized spacial score (nSPS) is 20.9. The second-order valence-corrected chi connectivity index (χ2v) is 8.67. The van der Waals surface area contributed by atoms with Crippen LogP contribution >= 0.6 is 0 Å². The third-order valence-corrected chi connectivity index (χ3v) is 6.24. The molecule has 0 aliphatic carbocycles. The van der Waals surface area contributed by atoms with Crippen molar-refractivity contribution in [2.24, 2.45) is 0 Å². The zero-order valence-corrected chi connectivity index (χ0v) is 19.4. The maximum atomic E-state index is 13.3. The molecule has 1 amide bonds. The summed E-state index contributed by atoms with van der Waals surface area (Å²) in [6, 6.07) is 9.90. The van der Waals surface area contributed by atoms with E-state index in [-0.39, 0.29) is 23.9 Å². The molecule has 0 bridgehead atoms. The van der Waals surface area contributed by atoms with Crippen LogP contribution in [-0.4, -0.2) is 59.2 Å². The van der Waals surface area contributed by atoms with Crippen LogP contribution < -0.4 is 4.74 Å². The molecule has 2 aromatic rings. The van der Waals surface area contributed by atoms with E-state index < -0.39 is 18.1 Å². The number of carbonyl (C=O) groups excluding carboxylic acids is 2. The van der Waals surface area contributed by atoms with Gasteiger partial charge in [0.2, 0.25) is 0 Å². The van der Waals surface area contributed by atoms with E-state index in [1.165, 1.54) is 26.2 Å². The predicted molar refractivity (Wildman–Crippen MR) is 124 cm³/mol. The van der Waals surface area contributed by atoms with E-state index >= 15 is 0 Å². The summed E-state index contributed by atoms with van der Waals surface area (Å²) < 4.78 is 19.0. The van der Waals surface area contributed by atoms with Crippen molar-refractivity contribution >= 4 is 11.7 Å². The first-order valence-electron chi connectivity index (χ1n) is 11.3. The van der Waals surface area contributed by atoms with E-state index in [0.717, 1.165) is 16.7 Å². The Morgan fingerprint density at radius 1 is 1.15 bits per heavy atom. The lowest BCUT2D eigenvalue weighted by Crippen LogP contribution is -2.40. The molecule has 3 atom stereocenters. The number of rotatable bonds is 4. The highest BCUT2D eigenvalue weighted by Crippen LogP contribution is 2.38. The monoisotopic (exact) mass is 457 g/mol. The molecule has 0 aromatic heterocycles. The highest BCUT2D eigenvalue weighted by atomic mass is 19.1. The van der Waals surface area contributed by atoms with Crippen molar-refractivity contribution in [3.63, 3.8) is 0 Å². The van der Waals surface area contributed by atoms with Crippen LogP contribution in [0.15, 0.2) is 36.4 Å². The predicted octanol–water partition coefficient (Wildman–Crippen LogP) is 3.61. The van der Waals surface area contributed by atoms with Gasteiger partial charge in [-0.05, 0) is 68.0 Å². The number of hydrogen-bond acceptors (Lipinski definition) is 5. The Hall–Kier alpha value is -2.77. The summed E-state index contributed by atoms with van der Waals surface area (Å²) in [7, 11) is 1.53. The molecule has 6 nitrogen and oxygen atoms in total. The first-order chi connectivity index (χ1) is 15.7. The minimum Gasteiger partial charge on any atom is -0.496 e. The summed E-state index contributed by atoms with van der Waals surface area (Å²) in [5.74, 6) is -1.01. The second kappa shape index (κ2) is 10.9.